The van der Waals surface area contributed by atoms with E-state index in [2.05, 4.69) is 53.2 Å². The van der Waals surface area contributed by atoms with Gasteiger partial charge in [0, 0.05) is 65.0 Å². The van der Waals surface area contributed by atoms with E-state index in [1.54, 1.807) is 41.5 Å². The molecule has 16 N–H and O–H groups in total. The van der Waals surface area contributed by atoms with Crippen molar-refractivity contribution in [2.75, 3.05) is 72.2 Å². The van der Waals surface area contributed by atoms with Gasteiger partial charge in [-0.3, -0.25) is 57.5 Å². The first kappa shape index (κ1) is 78.6. The molecule has 11 atom stereocenters. The van der Waals surface area contributed by atoms with E-state index in [-0.39, 0.29) is 78.2 Å². The van der Waals surface area contributed by atoms with Gasteiger partial charge in [0.15, 0.2) is 0 Å². The van der Waals surface area contributed by atoms with Crippen LogP contribution in [-0.2, 0) is 79.8 Å². The smallest absolute Gasteiger partial charge is 0.246 e. The summed E-state index contributed by atoms with van der Waals surface area (Å²) in [6.07, 6.45) is -2.17. The van der Waals surface area contributed by atoms with Crippen molar-refractivity contribution in [1.82, 2.24) is 63.0 Å². The Morgan fingerprint density at radius 2 is 0.792 bits per heavy atom. The van der Waals surface area contributed by atoms with Crippen LogP contribution in [0.2, 0.25) is 0 Å². The summed E-state index contributed by atoms with van der Waals surface area (Å²) in [5, 5.41) is 47.4. The van der Waals surface area contributed by atoms with Crippen LogP contribution in [0.25, 0.3) is 22.3 Å². The minimum atomic E-state index is -1.21. The van der Waals surface area contributed by atoms with Crippen LogP contribution in [0, 0.1) is 10.8 Å². The van der Waals surface area contributed by atoms with Crippen LogP contribution in [-0.4, -0.2) is 230 Å². The molecule has 0 radical (unpaired) electrons. The highest BCUT2D eigenvalue weighted by Gasteiger charge is 2.47. The number of fused-ring (bicyclic) bond motifs is 2. The van der Waals surface area contributed by atoms with E-state index in [0.717, 1.165) is 22.3 Å². The average molecular weight is 1400 g/mol. The highest BCUT2D eigenvalue weighted by atomic mass is 16.5. The zero-order valence-corrected chi connectivity index (χ0v) is 58.0. The Bertz CT molecular complexity index is 3560. The first-order valence-corrected chi connectivity index (χ1v) is 33.7. The third-order valence-corrected chi connectivity index (χ3v) is 17.3. The number of nitrogens with two attached hydrogens (primary N) is 2. The van der Waals surface area contributed by atoms with Crippen LogP contribution in [0.3, 0.4) is 0 Å². The van der Waals surface area contributed by atoms with Crippen molar-refractivity contribution < 1.29 is 77.2 Å². The van der Waals surface area contributed by atoms with Gasteiger partial charge in [-0.2, -0.15) is 0 Å². The topological polar surface area (TPSA) is 443 Å². The number of nitrogens with one attached hydrogen (secondary N) is 10. The Balaban J connectivity index is 0.000000283. The number of hydrogen-bond acceptors (Lipinski definition) is 18. The molecule has 4 aliphatic heterocycles. The first-order valence-electron chi connectivity index (χ1n) is 33.7. The van der Waals surface area contributed by atoms with Crippen molar-refractivity contribution in [2.45, 2.75) is 141 Å². The van der Waals surface area contributed by atoms with Crippen molar-refractivity contribution in [3.05, 3.63) is 120 Å². The third-order valence-electron chi connectivity index (χ3n) is 17.3. The van der Waals surface area contributed by atoms with Crippen molar-refractivity contribution in [3.63, 3.8) is 0 Å². The lowest BCUT2D eigenvalue weighted by molar-refractivity contribution is -0.145. The minimum absolute atomic E-state index is 0.00153. The quantitative estimate of drug-likeness (QED) is 0.0871. The second-order valence-corrected chi connectivity index (χ2v) is 27.5. The maximum Gasteiger partial charge on any atom is 0.246 e. The van der Waals surface area contributed by atoms with E-state index >= 15 is 0 Å². The SMILES string of the molecule is CC(C)(C)[C@@H]1NC(=O)COCCNC(=O)[C@@H](CN)NC(=O)CNC(=O)[C@@H](Cc2ccc(-c3ccccc3)cc2)NC(=O)[C@@H]2C[C@@H](O)CN2C1=O.C[C@H]1NC(=O)[C@@H](Cc2ccc(-c3ccccc3)cc2)NC(=O)[C@@H]2C[C@@H](O)CN2C(=O)[C@H](C(C)(C)C)NC(=O)COCCNC(=O)[C@@H](CN)NC1=O. The lowest BCUT2D eigenvalue weighted by Gasteiger charge is -2.35. The molecule has 30 nitrogen and oxygen atoms in total. The maximum atomic E-state index is 14.0. The van der Waals surface area contributed by atoms with Gasteiger partial charge in [-0.05, 0) is 51.1 Å². The molecule has 0 saturated carbocycles. The highest BCUT2D eigenvalue weighted by Crippen LogP contribution is 2.29. The summed E-state index contributed by atoms with van der Waals surface area (Å²) in [7, 11) is 0. The normalized spacial score (nSPS) is 25.9. The summed E-state index contributed by atoms with van der Waals surface area (Å²) in [6.45, 7) is 9.73. The highest BCUT2D eigenvalue weighted by molar-refractivity contribution is 5.99. The molecule has 4 aliphatic rings. The zero-order chi connectivity index (χ0) is 73.7. The molecule has 4 fully saturated rings. The van der Waals surface area contributed by atoms with Gasteiger partial charge < -0.3 is 94.1 Å². The third kappa shape index (κ3) is 22.9. The fourth-order valence-corrected chi connectivity index (χ4v) is 11.7. The van der Waals surface area contributed by atoms with Gasteiger partial charge in [0.05, 0.1) is 32.0 Å². The molecule has 0 bridgehead atoms. The standard InChI is InChI=1S/C36H49N7O8.C35H47N7O8/c1-21-31(46)41-27(18-37)32(47)38-14-15-51-20-29(45)42-30(36(2,3)4)35(50)43-19-25(44)17-28(43)34(49)40-26(33(48)39-21)16-22-10-12-24(13-11-22)23-8-6-5-7-9-23;1-35(2,3)30-34(49)42-19-24(43)16-27(42)33(48)40-25(15-21-9-11-23(12-10-21)22-7-5-4-6-8-22)31(46)38-18-28(44)39-26(17-36)32(47)37-13-14-50-20-29(45)41-30/h5-13,21,25-28,30,44H,14-20,37H2,1-4H3,(H,38,47)(H,39,48)(H,40,49)(H,41,46)(H,42,45);4-12,24-27,30,43H,13-20,36H2,1-3H3,(H,37,47)(H,38,46)(H,39,44)(H,40,48)(H,41,45)/t21-,25-,26-,27-,28+,30-;24-,25-,26-,27+,30-/m11/s1. The van der Waals surface area contributed by atoms with E-state index in [4.69, 9.17) is 20.9 Å². The molecule has 0 aliphatic carbocycles. The van der Waals surface area contributed by atoms with Crippen LogP contribution < -0.4 is 64.6 Å². The second-order valence-electron chi connectivity index (χ2n) is 27.5. The van der Waals surface area contributed by atoms with E-state index < -0.39 is 168 Å². The van der Waals surface area contributed by atoms with E-state index in [0.29, 0.717) is 11.1 Å². The Morgan fingerprint density at radius 3 is 1.19 bits per heavy atom. The number of amides is 12. The van der Waals surface area contributed by atoms with Crippen molar-refractivity contribution in [1.29, 1.82) is 0 Å². The Labute approximate surface area is 586 Å². The molecule has 101 heavy (non-hydrogen) atoms. The number of rotatable bonds is 8. The van der Waals surface area contributed by atoms with Gasteiger partial charge >= 0.3 is 0 Å². The zero-order valence-electron chi connectivity index (χ0n) is 58.0. The van der Waals surface area contributed by atoms with E-state index in [9.17, 15) is 67.7 Å². The predicted octanol–water partition coefficient (Wildman–Crippen LogP) is -2.45. The number of carbonyl (C=O) groups is 12. The van der Waals surface area contributed by atoms with Gasteiger partial charge in [-0.25, -0.2) is 0 Å². The second kappa shape index (κ2) is 36.6. The monoisotopic (exact) mass is 1400 g/mol. The maximum absolute atomic E-state index is 14.0. The summed E-state index contributed by atoms with van der Waals surface area (Å²) in [4.78, 5) is 162. The average Bonchev–Trinajstić information content (AvgIpc) is 1.78. The van der Waals surface area contributed by atoms with Gasteiger partial charge in [0.2, 0.25) is 70.9 Å². The lowest BCUT2D eigenvalue weighted by Crippen LogP contribution is -2.60. The molecule has 546 valence electrons. The summed E-state index contributed by atoms with van der Waals surface area (Å²) < 4.78 is 10.8. The number of hydrogen-bond donors (Lipinski definition) is 14. The van der Waals surface area contributed by atoms with Crippen LogP contribution in [0.5, 0.6) is 0 Å². The van der Waals surface area contributed by atoms with Gasteiger partial charge in [0.1, 0.15) is 67.6 Å². The fraction of sp³-hybridized carbons (Fsp3) is 0.493. The minimum Gasteiger partial charge on any atom is -0.391 e. The lowest BCUT2D eigenvalue weighted by atomic mass is 9.85. The predicted molar refractivity (Wildman–Crippen MR) is 370 cm³/mol. The molecule has 30 heteroatoms. The number of aliphatic hydroxyl groups is 2. The number of benzene rings is 4. The summed E-state index contributed by atoms with van der Waals surface area (Å²) in [5.41, 5.74) is 15.2. The molecular formula is C71H96N14O16. The first-order chi connectivity index (χ1) is 47.9. The number of aliphatic hydroxyl groups excluding tert-OH is 2. The molecule has 0 aromatic heterocycles. The fourth-order valence-electron chi connectivity index (χ4n) is 11.7. The summed E-state index contributed by atoms with van der Waals surface area (Å²) in [6, 6.07) is 24.1. The van der Waals surface area contributed by atoms with Gasteiger partial charge in [-0.1, -0.05) is 151 Å². The van der Waals surface area contributed by atoms with Gasteiger partial charge in [-0.15, -0.1) is 0 Å². The molecule has 12 amide bonds. The number of carbonyl (C=O) groups excluding carboxylic acids is 12. The summed E-state index contributed by atoms with van der Waals surface area (Å²) in [5.74, 6) is -7.66. The molecule has 4 aromatic carbocycles. The van der Waals surface area contributed by atoms with E-state index in [1.807, 2.05) is 109 Å². The van der Waals surface area contributed by atoms with Crippen LogP contribution in [0.1, 0.15) is 72.4 Å². The van der Waals surface area contributed by atoms with Crippen molar-refractivity contribution in [3.8, 4) is 22.3 Å². The largest absolute Gasteiger partial charge is 0.391 e. The molecule has 8 rings (SSSR count). The van der Waals surface area contributed by atoms with E-state index in [1.165, 1.54) is 16.7 Å². The van der Waals surface area contributed by atoms with Crippen LogP contribution in [0.4, 0.5) is 0 Å². The Kier molecular flexibility index (Phi) is 28.5. The van der Waals surface area contributed by atoms with Crippen molar-refractivity contribution >= 4 is 70.9 Å². The van der Waals surface area contributed by atoms with Gasteiger partial charge in [0.25, 0.3) is 0 Å². The molecule has 4 aromatic rings. The van der Waals surface area contributed by atoms with Crippen LogP contribution in [0.15, 0.2) is 109 Å². The number of nitrogens with zero attached hydrogens (tertiary/aromatic N) is 2. The molecule has 4 heterocycles. The molecule has 0 spiro atoms. The number of ether oxygens (including phenoxy) is 2. The van der Waals surface area contributed by atoms with Crippen LogP contribution >= 0.6 is 0 Å². The molecular weight excluding hydrogens is 1300 g/mol. The molecule has 4 saturated heterocycles. The Morgan fingerprint density at radius 1 is 0.426 bits per heavy atom. The van der Waals surface area contributed by atoms with Crippen molar-refractivity contribution in [2.24, 2.45) is 22.3 Å². The molecule has 0 unspecified atom stereocenters. The summed E-state index contributed by atoms with van der Waals surface area (Å²) >= 11 is 0. The Hall–Kier alpha value is -9.72.